The molecule has 132 valence electrons. The second-order valence-corrected chi connectivity index (χ2v) is 7.02. The highest BCUT2D eigenvalue weighted by Crippen LogP contribution is 2.44. The van der Waals surface area contributed by atoms with E-state index in [-0.39, 0.29) is 47.9 Å². The fourth-order valence-electron chi connectivity index (χ4n) is 4.29. The molecule has 1 aromatic rings. The second-order valence-electron chi connectivity index (χ2n) is 7.02. The van der Waals surface area contributed by atoms with Crippen molar-refractivity contribution in [2.45, 2.75) is 37.5 Å². The molecule has 24 heavy (non-hydrogen) atoms. The molecule has 4 atom stereocenters. The van der Waals surface area contributed by atoms with Gasteiger partial charge < -0.3 is 37.9 Å². The molecule has 0 spiro atoms. The van der Waals surface area contributed by atoms with Gasteiger partial charge in [0.05, 0.1) is 32.8 Å². The Bertz CT molecular complexity index is 604. The van der Waals surface area contributed by atoms with Crippen molar-refractivity contribution >= 4 is 11.9 Å². The second kappa shape index (κ2) is 7.39. The minimum Gasteiger partial charge on any atom is -1.00 e. The van der Waals surface area contributed by atoms with Gasteiger partial charge in [0, 0.05) is 19.3 Å². The molecule has 3 rings (SSSR count). The molecule has 0 saturated carbocycles. The molecule has 2 bridgehead atoms. The molecular formula is C18H24INO4. The van der Waals surface area contributed by atoms with E-state index in [9.17, 15) is 9.59 Å². The lowest BCUT2D eigenvalue weighted by Gasteiger charge is -2.47. The molecule has 2 fully saturated rings. The third kappa shape index (κ3) is 3.31. The average Bonchev–Trinajstić information content (AvgIpc) is 2.73. The zero-order valence-electron chi connectivity index (χ0n) is 14.3. The lowest BCUT2D eigenvalue weighted by molar-refractivity contribution is -0.934. The first kappa shape index (κ1) is 19.2. The maximum Gasteiger partial charge on any atom is 0.338 e. The number of hydrogen-bond donors (Lipinski definition) is 0. The molecule has 0 N–H and O–H groups in total. The highest BCUT2D eigenvalue weighted by Gasteiger charge is 2.58. The van der Waals surface area contributed by atoms with Crippen LogP contribution in [0.15, 0.2) is 30.3 Å². The minimum absolute atomic E-state index is 0. The van der Waals surface area contributed by atoms with E-state index >= 15 is 0 Å². The largest absolute Gasteiger partial charge is 1.00 e. The Hall–Kier alpha value is -1.15. The number of methoxy groups -OCH3 is 1. The minimum atomic E-state index is -0.404. The SMILES string of the molecule is COC(=O)C1C(OC(=O)c2ccccc2)CC2CCC1[N+]2(C)C.[I-]. The molecular weight excluding hydrogens is 421 g/mol. The summed E-state index contributed by atoms with van der Waals surface area (Å²) in [6.07, 6.45) is 2.34. The van der Waals surface area contributed by atoms with Crippen molar-refractivity contribution in [1.29, 1.82) is 0 Å². The Kier molecular flexibility index (Phi) is 5.91. The molecule has 1 aromatic carbocycles. The third-order valence-corrected chi connectivity index (χ3v) is 5.65. The predicted octanol–water partition coefficient (Wildman–Crippen LogP) is -0.984. The fraction of sp³-hybridized carbons (Fsp3) is 0.556. The number of quaternary nitrogens is 1. The molecule has 0 aliphatic carbocycles. The van der Waals surface area contributed by atoms with Crippen LogP contribution in [-0.2, 0) is 14.3 Å². The number of rotatable bonds is 3. The Labute approximate surface area is 159 Å². The molecule has 4 unspecified atom stereocenters. The highest BCUT2D eigenvalue weighted by molar-refractivity contribution is 5.89. The van der Waals surface area contributed by atoms with E-state index in [1.807, 2.05) is 6.07 Å². The van der Waals surface area contributed by atoms with Gasteiger partial charge in [-0.15, -0.1) is 0 Å². The van der Waals surface area contributed by atoms with Gasteiger partial charge >= 0.3 is 11.9 Å². The van der Waals surface area contributed by atoms with E-state index in [0.29, 0.717) is 18.0 Å². The Balaban J connectivity index is 0.00000208. The van der Waals surface area contributed by atoms with E-state index in [1.54, 1.807) is 24.3 Å². The molecule has 6 heteroatoms. The Morgan fingerprint density at radius 2 is 1.79 bits per heavy atom. The summed E-state index contributed by atoms with van der Waals surface area (Å²) in [4.78, 5) is 24.7. The molecule has 0 radical (unpaired) electrons. The summed E-state index contributed by atoms with van der Waals surface area (Å²) in [5.41, 5.74) is 0.516. The smallest absolute Gasteiger partial charge is 0.338 e. The topological polar surface area (TPSA) is 52.6 Å². The molecule has 2 saturated heterocycles. The summed E-state index contributed by atoms with van der Waals surface area (Å²) in [5, 5.41) is 0. The van der Waals surface area contributed by atoms with Gasteiger partial charge in [0.15, 0.2) is 0 Å². The number of carbonyl (C=O) groups excluding carboxylic acids is 2. The van der Waals surface area contributed by atoms with Crippen LogP contribution in [0.5, 0.6) is 0 Å². The Morgan fingerprint density at radius 1 is 1.12 bits per heavy atom. The van der Waals surface area contributed by atoms with Crippen LogP contribution in [0.1, 0.15) is 29.6 Å². The molecule has 2 aliphatic heterocycles. The van der Waals surface area contributed by atoms with E-state index in [4.69, 9.17) is 9.47 Å². The number of carbonyl (C=O) groups is 2. The van der Waals surface area contributed by atoms with Crippen LogP contribution in [-0.4, -0.2) is 55.8 Å². The lowest BCUT2D eigenvalue weighted by Crippen LogP contribution is -3.00. The normalized spacial score (nSPS) is 30.1. The number of ether oxygens (including phenoxy) is 2. The van der Waals surface area contributed by atoms with Crippen LogP contribution >= 0.6 is 0 Å². The average molecular weight is 445 g/mol. The van der Waals surface area contributed by atoms with Gasteiger partial charge in [0.1, 0.15) is 18.1 Å². The number of nitrogens with zero attached hydrogens (tertiary/aromatic N) is 1. The summed E-state index contributed by atoms with van der Waals surface area (Å²) in [5.74, 6) is -1.02. The maximum absolute atomic E-state index is 12.4. The number of esters is 2. The monoisotopic (exact) mass is 445 g/mol. The van der Waals surface area contributed by atoms with Gasteiger partial charge in [-0.05, 0) is 12.1 Å². The van der Waals surface area contributed by atoms with Crippen molar-refractivity contribution in [3.8, 4) is 0 Å². The van der Waals surface area contributed by atoms with Gasteiger partial charge in [-0.2, -0.15) is 0 Å². The summed E-state index contributed by atoms with van der Waals surface area (Å²) in [6, 6.07) is 9.50. The first-order valence-electron chi connectivity index (χ1n) is 8.12. The number of hydrogen-bond acceptors (Lipinski definition) is 4. The lowest BCUT2D eigenvalue weighted by atomic mass is 9.85. The third-order valence-electron chi connectivity index (χ3n) is 5.65. The van der Waals surface area contributed by atoms with E-state index in [0.717, 1.165) is 17.3 Å². The number of halogens is 1. The summed E-state index contributed by atoms with van der Waals surface area (Å²) < 4.78 is 11.6. The number of fused-ring (bicyclic) bond motifs is 2. The summed E-state index contributed by atoms with van der Waals surface area (Å²) in [7, 11) is 5.72. The molecule has 0 amide bonds. The van der Waals surface area contributed by atoms with Gasteiger partial charge in [0.25, 0.3) is 0 Å². The van der Waals surface area contributed by atoms with E-state index in [1.165, 1.54) is 7.11 Å². The zero-order chi connectivity index (χ0) is 16.6. The summed E-state index contributed by atoms with van der Waals surface area (Å²) in [6.45, 7) is 0. The fourth-order valence-corrected chi connectivity index (χ4v) is 4.29. The van der Waals surface area contributed by atoms with Gasteiger partial charge in [0.2, 0.25) is 0 Å². The highest BCUT2D eigenvalue weighted by atomic mass is 127. The van der Waals surface area contributed by atoms with Gasteiger partial charge in [-0.1, -0.05) is 18.2 Å². The van der Waals surface area contributed by atoms with Crippen molar-refractivity contribution in [2.24, 2.45) is 5.92 Å². The van der Waals surface area contributed by atoms with Gasteiger partial charge in [-0.25, -0.2) is 4.79 Å². The summed E-state index contributed by atoms with van der Waals surface area (Å²) >= 11 is 0. The van der Waals surface area contributed by atoms with E-state index < -0.39 is 6.10 Å². The van der Waals surface area contributed by atoms with Crippen LogP contribution in [0, 0.1) is 5.92 Å². The molecule has 2 aliphatic rings. The first-order chi connectivity index (χ1) is 10.9. The Morgan fingerprint density at radius 3 is 2.42 bits per heavy atom. The van der Waals surface area contributed by atoms with Crippen molar-refractivity contribution in [3.05, 3.63) is 35.9 Å². The molecule has 2 heterocycles. The van der Waals surface area contributed by atoms with Crippen molar-refractivity contribution in [1.82, 2.24) is 0 Å². The van der Waals surface area contributed by atoms with Crippen LogP contribution in [0.3, 0.4) is 0 Å². The van der Waals surface area contributed by atoms with Crippen molar-refractivity contribution < 1.29 is 47.5 Å². The first-order valence-corrected chi connectivity index (χ1v) is 8.12. The van der Waals surface area contributed by atoms with Crippen LogP contribution in [0.2, 0.25) is 0 Å². The van der Waals surface area contributed by atoms with Crippen molar-refractivity contribution in [3.63, 3.8) is 0 Å². The van der Waals surface area contributed by atoms with Crippen LogP contribution in [0.4, 0.5) is 0 Å². The maximum atomic E-state index is 12.4. The quantitative estimate of drug-likeness (QED) is 0.341. The molecule has 5 nitrogen and oxygen atoms in total. The zero-order valence-corrected chi connectivity index (χ0v) is 16.4. The van der Waals surface area contributed by atoms with Crippen LogP contribution < -0.4 is 24.0 Å². The van der Waals surface area contributed by atoms with E-state index in [2.05, 4.69) is 14.1 Å². The van der Waals surface area contributed by atoms with Crippen molar-refractivity contribution in [2.75, 3.05) is 21.2 Å². The number of benzene rings is 1. The number of piperidine rings is 1. The van der Waals surface area contributed by atoms with Gasteiger partial charge in [-0.3, -0.25) is 4.79 Å². The molecule has 0 aromatic heterocycles. The van der Waals surface area contributed by atoms with Crippen LogP contribution in [0.25, 0.3) is 0 Å². The predicted molar refractivity (Wildman–Crippen MR) is 84.7 cm³/mol. The standard InChI is InChI=1S/C18H24NO4.HI/c1-19(2)13-9-10-14(19)16(18(21)22-3)15(11-13)23-17(20)12-7-5-4-6-8-12;/h4-8,13-16H,9-11H2,1-3H3;1H/q+1;/p-1.